The maximum Gasteiger partial charge on any atom is 0.255 e. The first-order valence-electron chi connectivity index (χ1n) is 9.47. The van der Waals surface area contributed by atoms with Gasteiger partial charge in [0.05, 0.1) is 19.0 Å². The van der Waals surface area contributed by atoms with E-state index in [4.69, 9.17) is 16.3 Å². The van der Waals surface area contributed by atoms with Crippen LogP contribution in [0.3, 0.4) is 0 Å². The van der Waals surface area contributed by atoms with E-state index >= 15 is 0 Å². The van der Waals surface area contributed by atoms with E-state index in [1.54, 1.807) is 37.4 Å². The van der Waals surface area contributed by atoms with Crippen molar-refractivity contribution in [3.05, 3.63) is 52.9 Å². The third-order valence-corrected chi connectivity index (χ3v) is 5.61. The Bertz CT molecular complexity index is 1010. The number of hydrogen-bond acceptors (Lipinski definition) is 4. The van der Waals surface area contributed by atoms with Crippen molar-refractivity contribution in [1.82, 2.24) is 19.4 Å². The molecule has 1 amide bonds. The Morgan fingerprint density at radius 1 is 1.29 bits per heavy atom. The van der Waals surface area contributed by atoms with Gasteiger partial charge in [0, 0.05) is 36.4 Å². The maximum atomic E-state index is 12.9. The van der Waals surface area contributed by atoms with Crippen LogP contribution < -0.4 is 4.74 Å². The van der Waals surface area contributed by atoms with Gasteiger partial charge >= 0.3 is 0 Å². The number of nitrogens with zero attached hydrogens (tertiary/aromatic N) is 4. The molecule has 0 N–H and O–H groups in total. The number of halogens is 1. The largest absolute Gasteiger partial charge is 0.496 e. The predicted molar refractivity (Wildman–Crippen MR) is 109 cm³/mol. The fourth-order valence-electron chi connectivity index (χ4n) is 3.90. The molecule has 28 heavy (non-hydrogen) atoms. The van der Waals surface area contributed by atoms with Gasteiger partial charge in [0.15, 0.2) is 5.65 Å². The first-order chi connectivity index (χ1) is 13.6. The van der Waals surface area contributed by atoms with Gasteiger partial charge in [-0.3, -0.25) is 4.79 Å². The second-order valence-electron chi connectivity index (χ2n) is 7.27. The zero-order chi connectivity index (χ0) is 19.7. The highest BCUT2D eigenvalue weighted by Crippen LogP contribution is 2.31. The molecular weight excluding hydrogens is 376 g/mol. The number of rotatable bonds is 5. The number of ether oxygens (including phenoxy) is 1. The van der Waals surface area contributed by atoms with Gasteiger partial charge in [-0.2, -0.15) is 0 Å². The molecule has 146 valence electrons. The molecule has 7 heteroatoms. The molecule has 1 aromatic carbocycles. The molecule has 0 radical (unpaired) electrons. The lowest BCUT2D eigenvalue weighted by Crippen LogP contribution is -2.26. The number of amides is 1. The Kier molecular flexibility index (Phi) is 5.22. The fraction of sp³-hybridized carbons (Fsp3) is 0.381. The van der Waals surface area contributed by atoms with Crippen LogP contribution in [-0.2, 0) is 6.54 Å². The van der Waals surface area contributed by atoms with Crippen LogP contribution in [0.2, 0.25) is 5.02 Å². The third-order valence-electron chi connectivity index (χ3n) is 5.37. The van der Waals surface area contributed by atoms with Crippen LogP contribution in [0.5, 0.6) is 5.75 Å². The molecule has 0 unspecified atom stereocenters. The first-order valence-corrected chi connectivity index (χ1v) is 9.85. The topological polar surface area (TPSA) is 60.2 Å². The average Bonchev–Trinajstić information content (AvgIpc) is 3.36. The Morgan fingerprint density at radius 3 is 2.82 bits per heavy atom. The predicted octanol–water partition coefficient (Wildman–Crippen LogP) is 4.48. The quantitative estimate of drug-likeness (QED) is 0.635. The van der Waals surface area contributed by atoms with Crippen LogP contribution in [0.4, 0.5) is 0 Å². The summed E-state index contributed by atoms with van der Waals surface area (Å²) in [6.07, 6.45) is 8.32. The Hall–Kier alpha value is -2.60. The van der Waals surface area contributed by atoms with Crippen LogP contribution >= 0.6 is 11.6 Å². The molecule has 2 aromatic heterocycles. The van der Waals surface area contributed by atoms with E-state index in [1.807, 2.05) is 18.5 Å². The molecule has 2 heterocycles. The Labute approximate surface area is 169 Å². The Balaban J connectivity index is 1.56. The second kappa shape index (κ2) is 7.80. The van der Waals surface area contributed by atoms with Crippen LogP contribution in [0.1, 0.15) is 47.6 Å². The van der Waals surface area contributed by atoms with Crippen molar-refractivity contribution in [2.24, 2.45) is 0 Å². The zero-order valence-corrected chi connectivity index (χ0v) is 16.8. The second-order valence-corrected chi connectivity index (χ2v) is 7.71. The summed E-state index contributed by atoms with van der Waals surface area (Å²) in [5.41, 5.74) is 2.98. The van der Waals surface area contributed by atoms with Gasteiger partial charge in [-0.15, -0.1) is 0 Å². The summed E-state index contributed by atoms with van der Waals surface area (Å²) in [6, 6.07) is 7.68. The molecule has 6 nitrogen and oxygen atoms in total. The maximum absolute atomic E-state index is 12.9. The monoisotopic (exact) mass is 398 g/mol. The smallest absolute Gasteiger partial charge is 0.255 e. The van der Waals surface area contributed by atoms with Crippen molar-refractivity contribution in [3.63, 3.8) is 0 Å². The van der Waals surface area contributed by atoms with Crippen molar-refractivity contribution in [2.75, 3.05) is 14.2 Å². The van der Waals surface area contributed by atoms with E-state index in [-0.39, 0.29) is 5.91 Å². The Morgan fingerprint density at radius 2 is 2.07 bits per heavy atom. The van der Waals surface area contributed by atoms with Gasteiger partial charge in [-0.1, -0.05) is 24.4 Å². The molecule has 1 aliphatic rings. The lowest BCUT2D eigenvalue weighted by Gasteiger charge is -2.19. The van der Waals surface area contributed by atoms with E-state index in [9.17, 15) is 4.79 Å². The van der Waals surface area contributed by atoms with Gasteiger partial charge in [-0.05, 0) is 37.1 Å². The summed E-state index contributed by atoms with van der Waals surface area (Å²) in [5.74, 6) is 0.583. The van der Waals surface area contributed by atoms with Crippen LogP contribution in [-0.4, -0.2) is 39.5 Å². The average molecular weight is 399 g/mol. The van der Waals surface area contributed by atoms with Gasteiger partial charge in [-0.25, -0.2) is 9.97 Å². The molecule has 4 rings (SSSR count). The molecule has 1 saturated carbocycles. The van der Waals surface area contributed by atoms with Crippen molar-refractivity contribution in [1.29, 1.82) is 0 Å². The van der Waals surface area contributed by atoms with Crippen LogP contribution in [0, 0.1) is 0 Å². The molecule has 1 fully saturated rings. The number of hydrogen-bond donors (Lipinski definition) is 0. The highest BCUT2D eigenvalue weighted by Gasteiger charge is 2.21. The summed E-state index contributed by atoms with van der Waals surface area (Å²) < 4.78 is 7.52. The third kappa shape index (κ3) is 3.56. The highest BCUT2D eigenvalue weighted by atomic mass is 35.5. The summed E-state index contributed by atoms with van der Waals surface area (Å²) in [4.78, 5) is 23.6. The zero-order valence-electron chi connectivity index (χ0n) is 16.1. The number of pyridine rings is 1. The van der Waals surface area contributed by atoms with E-state index in [2.05, 4.69) is 14.5 Å². The molecule has 1 aliphatic carbocycles. The van der Waals surface area contributed by atoms with Crippen LogP contribution in [0.25, 0.3) is 11.2 Å². The van der Waals surface area contributed by atoms with Gasteiger partial charge in [0.1, 0.15) is 11.3 Å². The summed E-state index contributed by atoms with van der Waals surface area (Å²) in [6.45, 7) is 0.386. The number of aromatic nitrogens is 3. The number of fused-ring (bicyclic) bond motifs is 1. The van der Waals surface area contributed by atoms with Crippen molar-refractivity contribution in [3.8, 4) is 5.75 Å². The van der Waals surface area contributed by atoms with E-state index in [0.29, 0.717) is 28.9 Å². The van der Waals surface area contributed by atoms with E-state index in [0.717, 1.165) is 29.6 Å². The number of imidazole rings is 1. The molecular formula is C21H23ClN4O2. The standard InChI is InChI=1S/C21H23ClN4O2/c1-25(12-15-9-16(22)7-8-19(15)28-2)21(27)14-10-18-20(23-11-14)26(13-24-18)17-5-3-4-6-17/h7-11,13,17H,3-6,12H2,1-2H3. The molecule has 0 spiro atoms. The summed E-state index contributed by atoms with van der Waals surface area (Å²) >= 11 is 6.10. The van der Waals surface area contributed by atoms with Gasteiger partial charge in [0.2, 0.25) is 0 Å². The number of benzene rings is 1. The van der Waals surface area contributed by atoms with Crippen molar-refractivity contribution >= 4 is 28.7 Å². The lowest BCUT2D eigenvalue weighted by molar-refractivity contribution is 0.0784. The summed E-state index contributed by atoms with van der Waals surface area (Å²) in [5, 5.41) is 0.609. The number of carbonyl (C=O) groups excluding carboxylic acids is 1. The van der Waals surface area contributed by atoms with E-state index in [1.165, 1.54) is 12.8 Å². The first kappa shape index (κ1) is 18.7. The summed E-state index contributed by atoms with van der Waals surface area (Å²) in [7, 11) is 3.36. The minimum absolute atomic E-state index is 0.119. The van der Waals surface area contributed by atoms with Crippen LogP contribution in [0.15, 0.2) is 36.8 Å². The normalized spacial score (nSPS) is 14.5. The molecule has 0 bridgehead atoms. The van der Waals surface area contributed by atoms with E-state index < -0.39 is 0 Å². The highest BCUT2D eigenvalue weighted by molar-refractivity contribution is 6.30. The van der Waals surface area contributed by atoms with Gasteiger partial charge in [0.25, 0.3) is 5.91 Å². The molecule has 0 saturated heterocycles. The number of carbonyl (C=O) groups is 1. The minimum atomic E-state index is -0.119. The SMILES string of the molecule is COc1ccc(Cl)cc1CN(C)C(=O)c1cnc2c(c1)ncn2C1CCCC1. The van der Waals surface area contributed by atoms with Crippen molar-refractivity contribution < 1.29 is 9.53 Å². The molecule has 3 aromatic rings. The molecule has 0 aliphatic heterocycles. The number of methoxy groups -OCH3 is 1. The molecule has 0 atom stereocenters. The minimum Gasteiger partial charge on any atom is -0.496 e. The fourth-order valence-corrected chi connectivity index (χ4v) is 4.10. The van der Waals surface area contributed by atoms with Crippen molar-refractivity contribution in [2.45, 2.75) is 38.3 Å². The van der Waals surface area contributed by atoms with Gasteiger partial charge < -0.3 is 14.2 Å². The lowest BCUT2D eigenvalue weighted by atomic mass is 10.1.